The number of phenols is 1. The summed E-state index contributed by atoms with van der Waals surface area (Å²) in [7, 11) is 1.43. The third-order valence-electron chi connectivity index (χ3n) is 2.45. The van der Waals surface area contributed by atoms with Gasteiger partial charge in [0.05, 0.1) is 13.7 Å². The largest absolute Gasteiger partial charge is 0.504 e. The van der Waals surface area contributed by atoms with Crippen molar-refractivity contribution >= 4 is 12.0 Å². The summed E-state index contributed by atoms with van der Waals surface area (Å²) in [5.74, 6) is 0.00234. The van der Waals surface area contributed by atoms with Crippen LogP contribution in [0.5, 0.6) is 11.5 Å². The van der Waals surface area contributed by atoms with Crippen LogP contribution in [0.15, 0.2) is 24.3 Å². The summed E-state index contributed by atoms with van der Waals surface area (Å²) in [6.07, 6.45) is 3.22. The van der Waals surface area contributed by atoms with E-state index in [-0.39, 0.29) is 24.8 Å². The molecule has 1 rings (SSSR count). The van der Waals surface area contributed by atoms with E-state index in [1.54, 1.807) is 18.2 Å². The van der Waals surface area contributed by atoms with Crippen LogP contribution < -0.4 is 10.1 Å². The molecule has 0 saturated heterocycles. The topological polar surface area (TPSA) is 111 Å². The molecule has 0 aliphatic heterocycles. The molecule has 0 radical (unpaired) electrons. The Balaban J connectivity index is 2.38. The highest BCUT2D eigenvalue weighted by Gasteiger charge is 2.01. The van der Waals surface area contributed by atoms with Gasteiger partial charge in [-0.1, -0.05) is 6.07 Å². The molecule has 1 aromatic rings. The number of phenolic OH excluding ortho intramolecular Hbond substituents is 1. The first-order chi connectivity index (χ1) is 10.0. The molecule has 8 nitrogen and oxygen atoms in total. The van der Waals surface area contributed by atoms with Crippen molar-refractivity contribution in [2.45, 2.75) is 6.42 Å². The van der Waals surface area contributed by atoms with Crippen LogP contribution >= 0.6 is 0 Å². The lowest BCUT2D eigenvalue weighted by Gasteiger charge is -2.04. The minimum Gasteiger partial charge on any atom is -0.504 e. The van der Waals surface area contributed by atoms with Crippen molar-refractivity contribution in [3.05, 3.63) is 40.0 Å². The standard InChI is InChI=1S/C13H16N2O6/c1-20-12-9-10(3-5-11(12)16)4-6-13(17)14-7-2-8-21-15(18)19/h3-6,9,16H,2,7-8H2,1H3,(H,14,17). The first kappa shape index (κ1) is 16.3. The van der Waals surface area contributed by atoms with Gasteiger partial charge in [-0.2, -0.15) is 0 Å². The summed E-state index contributed by atoms with van der Waals surface area (Å²) in [6, 6.07) is 4.68. The van der Waals surface area contributed by atoms with Gasteiger partial charge in [0.2, 0.25) is 5.91 Å². The number of carbonyl (C=O) groups excluding carboxylic acids is 1. The van der Waals surface area contributed by atoms with E-state index in [1.165, 1.54) is 19.3 Å². The molecule has 2 N–H and O–H groups in total. The molecule has 0 atom stereocenters. The molecule has 1 aromatic carbocycles. The Hall–Kier alpha value is -2.77. The predicted molar refractivity (Wildman–Crippen MR) is 74.3 cm³/mol. The number of benzene rings is 1. The Morgan fingerprint density at radius 3 is 2.95 bits per heavy atom. The van der Waals surface area contributed by atoms with Gasteiger partial charge in [0, 0.05) is 12.6 Å². The lowest BCUT2D eigenvalue weighted by Crippen LogP contribution is -2.23. The first-order valence-corrected chi connectivity index (χ1v) is 6.13. The van der Waals surface area contributed by atoms with E-state index in [2.05, 4.69) is 10.2 Å². The van der Waals surface area contributed by atoms with Crippen LogP contribution in [-0.4, -0.2) is 36.4 Å². The highest BCUT2D eigenvalue weighted by Crippen LogP contribution is 2.26. The zero-order valence-electron chi connectivity index (χ0n) is 11.4. The van der Waals surface area contributed by atoms with Crippen LogP contribution in [0.4, 0.5) is 0 Å². The number of nitrogens with one attached hydrogen (secondary N) is 1. The molecule has 0 heterocycles. The smallest absolute Gasteiger partial charge is 0.294 e. The highest BCUT2D eigenvalue weighted by molar-refractivity contribution is 5.91. The van der Waals surface area contributed by atoms with Crippen molar-refractivity contribution in [3.8, 4) is 11.5 Å². The minimum atomic E-state index is -0.875. The molecule has 0 aromatic heterocycles. The zero-order chi connectivity index (χ0) is 15.7. The van der Waals surface area contributed by atoms with E-state index in [0.29, 0.717) is 17.7 Å². The number of nitrogens with zero attached hydrogens (tertiary/aromatic N) is 1. The summed E-state index contributed by atoms with van der Waals surface area (Å²) in [5, 5.41) is 21.0. The Bertz CT molecular complexity index is 529. The van der Waals surface area contributed by atoms with Gasteiger partial charge in [0.1, 0.15) is 0 Å². The molecular formula is C13H16N2O6. The lowest BCUT2D eigenvalue weighted by atomic mass is 10.2. The molecule has 0 saturated carbocycles. The van der Waals surface area contributed by atoms with E-state index in [4.69, 9.17) is 4.74 Å². The molecule has 0 aliphatic rings. The Labute approximate surface area is 121 Å². The van der Waals surface area contributed by atoms with Crippen LogP contribution in [-0.2, 0) is 9.63 Å². The van der Waals surface area contributed by atoms with Crippen molar-refractivity contribution in [2.24, 2.45) is 0 Å². The fourth-order valence-electron chi connectivity index (χ4n) is 1.45. The molecule has 0 unspecified atom stereocenters. The number of hydrogen-bond donors (Lipinski definition) is 2. The number of amides is 1. The van der Waals surface area contributed by atoms with E-state index >= 15 is 0 Å². The molecule has 1 amide bonds. The molecule has 0 fully saturated rings. The van der Waals surface area contributed by atoms with Crippen LogP contribution in [0.3, 0.4) is 0 Å². The van der Waals surface area contributed by atoms with E-state index in [9.17, 15) is 20.0 Å². The van der Waals surface area contributed by atoms with Gasteiger partial charge in [-0.15, -0.1) is 10.1 Å². The van der Waals surface area contributed by atoms with Crippen LogP contribution in [0.1, 0.15) is 12.0 Å². The molecule has 0 aliphatic carbocycles. The number of carbonyl (C=O) groups is 1. The lowest BCUT2D eigenvalue weighted by molar-refractivity contribution is -0.757. The van der Waals surface area contributed by atoms with Gasteiger partial charge < -0.3 is 20.0 Å². The van der Waals surface area contributed by atoms with E-state index in [0.717, 1.165) is 0 Å². The second-order valence-electron chi connectivity index (χ2n) is 3.97. The van der Waals surface area contributed by atoms with Crippen LogP contribution in [0.2, 0.25) is 0 Å². The predicted octanol–water partition coefficient (Wildman–Crippen LogP) is 1.13. The third kappa shape index (κ3) is 6.28. The molecule has 114 valence electrons. The van der Waals surface area contributed by atoms with Crippen molar-refractivity contribution in [1.82, 2.24) is 5.32 Å². The molecule has 0 bridgehead atoms. The second kappa shape index (κ2) is 8.41. The maximum absolute atomic E-state index is 11.5. The summed E-state index contributed by atoms with van der Waals surface area (Å²) >= 11 is 0. The fourth-order valence-corrected chi connectivity index (χ4v) is 1.45. The van der Waals surface area contributed by atoms with Gasteiger partial charge >= 0.3 is 0 Å². The van der Waals surface area contributed by atoms with Gasteiger partial charge in [-0.05, 0) is 30.2 Å². The Morgan fingerprint density at radius 1 is 1.52 bits per heavy atom. The summed E-state index contributed by atoms with van der Waals surface area (Å²) in [6.45, 7) is 0.210. The van der Waals surface area contributed by atoms with Gasteiger partial charge in [-0.25, -0.2) is 0 Å². The average molecular weight is 296 g/mol. The quantitative estimate of drug-likeness (QED) is 0.322. The number of rotatable bonds is 8. The summed E-state index contributed by atoms with van der Waals surface area (Å²) in [5.41, 5.74) is 0.691. The van der Waals surface area contributed by atoms with Crippen LogP contribution in [0, 0.1) is 10.1 Å². The summed E-state index contributed by atoms with van der Waals surface area (Å²) < 4.78 is 4.95. The third-order valence-corrected chi connectivity index (χ3v) is 2.45. The normalized spacial score (nSPS) is 10.3. The van der Waals surface area contributed by atoms with Crippen molar-refractivity contribution in [1.29, 1.82) is 0 Å². The Morgan fingerprint density at radius 2 is 2.29 bits per heavy atom. The number of hydrogen-bond acceptors (Lipinski definition) is 6. The van der Waals surface area contributed by atoms with E-state index < -0.39 is 5.09 Å². The highest BCUT2D eigenvalue weighted by atomic mass is 16.9. The number of ether oxygens (including phenoxy) is 1. The minimum absolute atomic E-state index is 0.0184. The first-order valence-electron chi connectivity index (χ1n) is 6.13. The van der Waals surface area contributed by atoms with Gasteiger partial charge in [-0.3, -0.25) is 4.79 Å². The number of aromatic hydroxyl groups is 1. The molecule has 21 heavy (non-hydrogen) atoms. The van der Waals surface area contributed by atoms with Crippen LogP contribution in [0.25, 0.3) is 6.08 Å². The summed E-state index contributed by atoms with van der Waals surface area (Å²) in [4.78, 5) is 25.5. The van der Waals surface area contributed by atoms with Gasteiger partial charge in [0.15, 0.2) is 11.5 Å². The SMILES string of the molecule is COc1cc(C=CC(=O)NCCCO[N+](=O)[O-])ccc1O. The van der Waals surface area contributed by atoms with E-state index in [1.807, 2.05) is 0 Å². The average Bonchev–Trinajstić information content (AvgIpc) is 2.45. The fraction of sp³-hybridized carbons (Fsp3) is 0.308. The monoisotopic (exact) mass is 296 g/mol. The maximum atomic E-state index is 11.5. The Kier molecular flexibility index (Phi) is 6.52. The molecule has 0 spiro atoms. The maximum Gasteiger partial charge on any atom is 0.294 e. The second-order valence-corrected chi connectivity index (χ2v) is 3.97. The molecule has 8 heteroatoms. The van der Waals surface area contributed by atoms with Crippen molar-refractivity contribution < 1.29 is 24.6 Å². The van der Waals surface area contributed by atoms with Crippen molar-refractivity contribution in [2.75, 3.05) is 20.3 Å². The van der Waals surface area contributed by atoms with Crippen molar-refractivity contribution in [3.63, 3.8) is 0 Å². The molecular weight excluding hydrogens is 280 g/mol. The number of methoxy groups -OCH3 is 1. The zero-order valence-corrected chi connectivity index (χ0v) is 11.4. The van der Waals surface area contributed by atoms with Gasteiger partial charge in [0.25, 0.3) is 5.09 Å².